The summed E-state index contributed by atoms with van der Waals surface area (Å²) in [6.45, 7) is 1.68. The largest absolute Gasteiger partial charge is 0.467 e. The molecule has 3 aliphatic rings. The molecule has 0 aromatic carbocycles. The quantitative estimate of drug-likeness (QED) is 0.196. The Morgan fingerprint density at radius 1 is 1.10 bits per heavy atom. The highest BCUT2D eigenvalue weighted by atomic mass is 16.7. The Hall–Kier alpha value is -0.900. The molecule has 2 heterocycles. The van der Waals surface area contributed by atoms with E-state index in [0.717, 1.165) is 0 Å². The van der Waals surface area contributed by atoms with Gasteiger partial charge in [0.25, 0.3) is 0 Å². The van der Waals surface area contributed by atoms with Crippen molar-refractivity contribution in [2.45, 2.75) is 86.5 Å². The van der Waals surface area contributed by atoms with Crippen molar-refractivity contribution in [2.24, 2.45) is 22.9 Å². The van der Waals surface area contributed by atoms with Gasteiger partial charge in [-0.2, -0.15) is 0 Å². The highest BCUT2D eigenvalue weighted by Crippen LogP contribution is 2.31. The van der Waals surface area contributed by atoms with Gasteiger partial charge in [-0.05, 0) is 32.9 Å². The highest BCUT2D eigenvalue weighted by molar-refractivity contribution is 5.04. The van der Waals surface area contributed by atoms with E-state index in [1.54, 1.807) is 20.0 Å². The van der Waals surface area contributed by atoms with Gasteiger partial charge in [-0.25, -0.2) is 0 Å². The topological polar surface area (TPSA) is 214 Å². The van der Waals surface area contributed by atoms with Crippen molar-refractivity contribution in [1.82, 2.24) is 5.32 Å². The monoisotopic (exact) mass is 447 g/mol. The number of hydrogen-bond donors (Lipinski definition) is 8. The van der Waals surface area contributed by atoms with Crippen molar-refractivity contribution in [3.05, 3.63) is 11.8 Å². The molecule has 12 nitrogen and oxygen atoms in total. The summed E-state index contributed by atoms with van der Waals surface area (Å²) in [7, 11) is 1.62. The molecule has 1 saturated carbocycles. The lowest BCUT2D eigenvalue weighted by Gasteiger charge is -2.48. The minimum atomic E-state index is -1.29. The summed E-state index contributed by atoms with van der Waals surface area (Å²) >= 11 is 0. The molecule has 11 atom stereocenters. The number of nitrogens with two attached hydrogens (primary N) is 4. The van der Waals surface area contributed by atoms with Crippen LogP contribution in [0.15, 0.2) is 11.8 Å². The molecule has 1 aliphatic carbocycles. The van der Waals surface area contributed by atoms with Gasteiger partial charge in [0.05, 0.1) is 25.2 Å². The first-order chi connectivity index (χ1) is 14.6. The Labute approximate surface area is 181 Å². The highest BCUT2D eigenvalue weighted by Gasteiger charge is 2.50. The first kappa shape index (κ1) is 24.7. The zero-order chi connectivity index (χ0) is 22.9. The van der Waals surface area contributed by atoms with E-state index >= 15 is 0 Å². The third-order valence-electron chi connectivity index (χ3n) is 6.22. The van der Waals surface area contributed by atoms with Crippen molar-refractivity contribution >= 4 is 0 Å². The fourth-order valence-corrected chi connectivity index (χ4v) is 4.44. The number of hydrogen-bond acceptors (Lipinski definition) is 12. The second kappa shape index (κ2) is 9.93. The van der Waals surface area contributed by atoms with Crippen LogP contribution in [0.4, 0.5) is 0 Å². The van der Waals surface area contributed by atoms with Crippen LogP contribution in [0.2, 0.25) is 0 Å². The molecular weight excluding hydrogens is 410 g/mol. The fourth-order valence-electron chi connectivity index (χ4n) is 4.44. The van der Waals surface area contributed by atoms with E-state index in [1.165, 1.54) is 0 Å². The number of nitrogens with one attached hydrogen (secondary N) is 1. The van der Waals surface area contributed by atoms with Crippen LogP contribution >= 0.6 is 0 Å². The molecule has 3 rings (SSSR count). The molecule has 12 heteroatoms. The van der Waals surface area contributed by atoms with Crippen molar-refractivity contribution < 1.29 is 34.3 Å². The third kappa shape index (κ3) is 5.20. The van der Waals surface area contributed by atoms with E-state index in [9.17, 15) is 15.3 Å². The SMILES string of the molecule is CN[C@H]1[C@@H](O)[C@H](O[C@H]2[C@@H](O)[C@@H](O[C@H]3OC(CN)=CC[C@H]3N)[C@@H](N)C[C@H]2N)OC[C@@]1(C)O. The summed E-state index contributed by atoms with van der Waals surface area (Å²) in [4.78, 5) is 0. The van der Waals surface area contributed by atoms with Gasteiger partial charge in [0.15, 0.2) is 6.29 Å². The van der Waals surface area contributed by atoms with Crippen molar-refractivity contribution in [1.29, 1.82) is 0 Å². The number of aliphatic hydroxyl groups excluding tert-OH is 2. The van der Waals surface area contributed by atoms with Gasteiger partial charge in [-0.1, -0.05) is 0 Å². The lowest BCUT2D eigenvalue weighted by Crippen LogP contribution is -2.68. The Kier molecular flexibility index (Phi) is 7.92. The predicted molar refractivity (Wildman–Crippen MR) is 110 cm³/mol. The summed E-state index contributed by atoms with van der Waals surface area (Å²) in [6, 6.07) is -2.37. The maximum absolute atomic E-state index is 11.0. The van der Waals surface area contributed by atoms with Crippen LogP contribution < -0.4 is 28.3 Å². The molecule has 0 unspecified atom stereocenters. The van der Waals surface area contributed by atoms with Crippen molar-refractivity contribution in [3.63, 3.8) is 0 Å². The van der Waals surface area contributed by atoms with E-state index in [1.807, 2.05) is 0 Å². The standard InChI is InChI=1S/C19H37N5O7/c1-19(27)7-28-18(13(26)16(19)24-2)31-15-11(23)5-10(22)14(12(15)25)30-17-9(21)4-3-8(6-20)29-17/h3,9-18,24-27H,4-7,20-23H2,1-2H3/t9-,10+,11-,12+,13-,14+,15-,16+,17-,18+,19-/m1/s1. The first-order valence-electron chi connectivity index (χ1n) is 10.6. The zero-order valence-electron chi connectivity index (χ0n) is 18.0. The molecule has 0 aromatic heterocycles. The maximum atomic E-state index is 11.0. The lowest BCUT2D eigenvalue weighted by molar-refractivity contribution is -0.303. The first-order valence-corrected chi connectivity index (χ1v) is 10.6. The van der Waals surface area contributed by atoms with Crippen LogP contribution in [0.3, 0.4) is 0 Å². The Morgan fingerprint density at radius 3 is 2.29 bits per heavy atom. The second-order valence-electron chi connectivity index (χ2n) is 8.81. The van der Waals surface area contributed by atoms with Crippen molar-refractivity contribution in [2.75, 3.05) is 20.2 Å². The van der Waals surface area contributed by atoms with E-state index in [0.29, 0.717) is 18.6 Å². The van der Waals surface area contributed by atoms with Gasteiger partial charge in [0.1, 0.15) is 35.8 Å². The summed E-state index contributed by atoms with van der Waals surface area (Å²) in [5.41, 5.74) is 22.9. The molecule has 0 bridgehead atoms. The average Bonchev–Trinajstić information content (AvgIpc) is 2.71. The average molecular weight is 448 g/mol. The van der Waals surface area contributed by atoms with E-state index in [-0.39, 0.29) is 13.2 Å². The Bertz CT molecular complexity index is 639. The van der Waals surface area contributed by atoms with Gasteiger partial charge >= 0.3 is 0 Å². The molecule has 0 aromatic rings. The number of likely N-dealkylation sites (N-methyl/N-ethyl adjacent to an activating group) is 1. The van der Waals surface area contributed by atoms with E-state index in [4.69, 9.17) is 41.9 Å². The predicted octanol–water partition coefficient (Wildman–Crippen LogP) is -3.85. The van der Waals surface area contributed by atoms with Crippen LogP contribution in [0.5, 0.6) is 0 Å². The molecule has 0 spiro atoms. The van der Waals surface area contributed by atoms with E-state index < -0.39 is 66.8 Å². The molecule has 180 valence electrons. The molecule has 2 aliphatic heterocycles. The molecule has 0 amide bonds. The molecule has 1 saturated heterocycles. The minimum Gasteiger partial charge on any atom is -0.467 e. The molecule has 31 heavy (non-hydrogen) atoms. The summed E-state index contributed by atoms with van der Waals surface area (Å²) in [5.74, 6) is 0.555. The third-order valence-corrected chi connectivity index (χ3v) is 6.22. The zero-order valence-corrected chi connectivity index (χ0v) is 18.0. The number of aliphatic hydroxyl groups is 3. The minimum absolute atomic E-state index is 0.0727. The number of ether oxygens (including phenoxy) is 4. The van der Waals surface area contributed by atoms with Crippen LogP contribution in [0.1, 0.15) is 19.8 Å². The summed E-state index contributed by atoms with van der Waals surface area (Å²) in [5, 5.41) is 34.9. The number of rotatable bonds is 6. The van der Waals surface area contributed by atoms with Gasteiger partial charge < -0.3 is 62.5 Å². The van der Waals surface area contributed by atoms with Gasteiger partial charge in [-0.3, -0.25) is 0 Å². The van der Waals surface area contributed by atoms with Crippen LogP contribution in [-0.4, -0.2) is 102 Å². The van der Waals surface area contributed by atoms with Crippen LogP contribution in [0.25, 0.3) is 0 Å². The second-order valence-corrected chi connectivity index (χ2v) is 8.81. The van der Waals surface area contributed by atoms with Crippen molar-refractivity contribution in [3.8, 4) is 0 Å². The van der Waals surface area contributed by atoms with Crippen LogP contribution in [0, 0.1) is 0 Å². The Balaban J connectivity index is 1.69. The normalized spacial score (nSPS) is 48.7. The fraction of sp³-hybridized carbons (Fsp3) is 0.895. The van der Waals surface area contributed by atoms with Gasteiger partial charge in [0.2, 0.25) is 6.29 Å². The van der Waals surface area contributed by atoms with Gasteiger partial charge in [-0.15, -0.1) is 0 Å². The maximum Gasteiger partial charge on any atom is 0.215 e. The van der Waals surface area contributed by atoms with Gasteiger partial charge in [0, 0.05) is 12.1 Å². The Morgan fingerprint density at radius 2 is 1.71 bits per heavy atom. The van der Waals surface area contributed by atoms with Crippen LogP contribution in [-0.2, 0) is 18.9 Å². The lowest BCUT2D eigenvalue weighted by atomic mass is 9.84. The smallest absolute Gasteiger partial charge is 0.215 e. The summed E-state index contributed by atoms with van der Waals surface area (Å²) < 4.78 is 23.1. The molecular formula is C19H37N5O7. The molecule has 12 N–H and O–H groups in total. The van der Waals surface area contributed by atoms with E-state index in [2.05, 4.69) is 5.32 Å². The summed E-state index contributed by atoms with van der Waals surface area (Å²) in [6.07, 6.45) is -3.56. The molecule has 2 fully saturated rings. The molecule has 0 radical (unpaired) electrons.